The van der Waals surface area contributed by atoms with Gasteiger partial charge in [0, 0.05) is 23.8 Å². The average molecular weight is 622 g/mol. The van der Waals surface area contributed by atoms with Gasteiger partial charge in [-0.2, -0.15) is 0 Å². The van der Waals surface area contributed by atoms with E-state index >= 15 is 0 Å². The monoisotopic (exact) mass is 622 g/mol. The third-order valence-electron chi connectivity index (χ3n) is 7.05. The second kappa shape index (κ2) is 12.0. The maximum atomic E-state index is 12.8. The maximum Gasteiger partial charge on any atom is 0.335 e. The molecule has 0 spiro atoms. The fourth-order valence-corrected chi connectivity index (χ4v) is 4.72. The molecule has 2 aliphatic heterocycles. The number of ether oxygens (including phenoxy) is 4. The first-order chi connectivity index (χ1) is 20.8. The lowest BCUT2D eigenvalue weighted by molar-refractivity contribution is -0.271. The van der Waals surface area contributed by atoms with Gasteiger partial charge in [0.2, 0.25) is 12.6 Å². The molecule has 10 unspecified atom stereocenters. The van der Waals surface area contributed by atoms with Gasteiger partial charge in [-0.05, 0) is 24.3 Å². The van der Waals surface area contributed by atoms with Crippen molar-refractivity contribution in [1.29, 1.82) is 0 Å². The predicted molar refractivity (Wildman–Crippen MR) is 139 cm³/mol. The number of carboxylic acids is 2. The van der Waals surface area contributed by atoms with Crippen molar-refractivity contribution in [2.75, 3.05) is 0 Å². The Balaban J connectivity index is 1.38. The molecule has 9 N–H and O–H groups in total. The number of fused-ring (bicyclic) bond motifs is 1. The van der Waals surface area contributed by atoms with E-state index in [1.54, 1.807) is 0 Å². The lowest BCUT2D eigenvalue weighted by Gasteiger charge is -2.38. The molecule has 17 heteroatoms. The number of aliphatic hydroxyl groups excluding tert-OH is 6. The van der Waals surface area contributed by atoms with Crippen LogP contribution in [-0.2, 0) is 19.1 Å². The number of rotatable bonds is 7. The van der Waals surface area contributed by atoms with Gasteiger partial charge >= 0.3 is 11.9 Å². The van der Waals surface area contributed by atoms with Crippen molar-refractivity contribution in [3.8, 4) is 28.6 Å². The molecule has 10 atom stereocenters. The van der Waals surface area contributed by atoms with E-state index in [4.69, 9.17) is 23.4 Å². The summed E-state index contributed by atoms with van der Waals surface area (Å²) in [5, 5.41) is 88.7. The number of phenols is 1. The summed E-state index contributed by atoms with van der Waals surface area (Å²) in [6.45, 7) is 0. The SMILES string of the molecule is O=C(O)C1OC(Oc2ccc(-c3cc(=O)c4c(O)cc(OC5OC(C(=O)O)C(O)C(O)C5O)cc4o3)cc2)C(O)C(O)C1O. The van der Waals surface area contributed by atoms with Crippen molar-refractivity contribution in [2.24, 2.45) is 0 Å². The van der Waals surface area contributed by atoms with Gasteiger partial charge in [0.25, 0.3) is 0 Å². The first-order valence-electron chi connectivity index (χ1n) is 12.9. The Morgan fingerprint density at radius 2 is 1.16 bits per heavy atom. The Hall–Kier alpha value is -4.33. The zero-order valence-corrected chi connectivity index (χ0v) is 22.1. The highest BCUT2D eigenvalue weighted by molar-refractivity contribution is 5.86. The van der Waals surface area contributed by atoms with Crippen LogP contribution >= 0.6 is 0 Å². The van der Waals surface area contributed by atoms with Crippen LogP contribution in [0.25, 0.3) is 22.3 Å². The Morgan fingerprint density at radius 1 is 0.659 bits per heavy atom. The largest absolute Gasteiger partial charge is 0.507 e. The number of hydrogen-bond donors (Lipinski definition) is 9. The van der Waals surface area contributed by atoms with Gasteiger partial charge in [0.15, 0.2) is 17.6 Å². The van der Waals surface area contributed by atoms with Crippen LogP contribution in [0.5, 0.6) is 17.2 Å². The summed E-state index contributed by atoms with van der Waals surface area (Å²) in [6.07, 6.45) is -18.6. The van der Waals surface area contributed by atoms with Crippen molar-refractivity contribution in [3.63, 3.8) is 0 Å². The van der Waals surface area contributed by atoms with Crippen LogP contribution in [0.2, 0.25) is 0 Å². The molecule has 3 heterocycles. The summed E-state index contributed by atoms with van der Waals surface area (Å²) in [5.74, 6) is -4.04. The van der Waals surface area contributed by atoms with Crippen LogP contribution < -0.4 is 14.9 Å². The van der Waals surface area contributed by atoms with E-state index in [0.717, 1.165) is 18.2 Å². The maximum absolute atomic E-state index is 12.8. The summed E-state index contributed by atoms with van der Waals surface area (Å²) >= 11 is 0. The molecule has 2 aromatic carbocycles. The number of phenolic OH excluding ortho intramolecular Hbond substituents is 1. The Labute approximate surface area is 244 Å². The quantitative estimate of drug-likeness (QED) is 0.134. The molecule has 5 rings (SSSR count). The van der Waals surface area contributed by atoms with Gasteiger partial charge in [0.05, 0.1) is 0 Å². The number of aliphatic carboxylic acids is 2. The second-order valence-corrected chi connectivity index (χ2v) is 10.0. The number of carboxylic acid groups (broad SMARTS) is 2. The predicted octanol–water partition coefficient (Wildman–Crippen LogP) is -2.29. The van der Waals surface area contributed by atoms with Gasteiger partial charge in [-0.1, -0.05) is 0 Å². The highest BCUT2D eigenvalue weighted by atomic mass is 16.7. The summed E-state index contributed by atoms with van der Waals surface area (Å²) in [5.41, 5.74) is -0.567. The molecule has 0 aliphatic carbocycles. The molecule has 44 heavy (non-hydrogen) atoms. The third-order valence-corrected chi connectivity index (χ3v) is 7.05. The summed E-state index contributed by atoms with van der Waals surface area (Å²) in [4.78, 5) is 35.5. The minimum Gasteiger partial charge on any atom is -0.507 e. The first-order valence-corrected chi connectivity index (χ1v) is 12.9. The minimum absolute atomic E-state index is 0.0116. The van der Waals surface area contributed by atoms with Gasteiger partial charge in [-0.25, -0.2) is 9.59 Å². The Kier molecular flexibility index (Phi) is 8.47. The lowest BCUT2D eigenvalue weighted by Crippen LogP contribution is -2.61. The molecule has 3 aromatic rings. The highest BCUT2D eigenvalue weighted by Crippen LogP contribution is 2.34. The van der Waals surface area contributed by atoms with Crippen LogP contribution in [0, 0.1) is 0 Å². The third kappa shape index (κ3) is 5.77. The van der Waals surface area contributed by atoms with Gasteiger partial charge in [-0.15, -0.1) is 0 Å². The number of benzene rings is 2. The van der Waals surface area contributed by atoms with Gasteiger partial charge in [0.1, 0.15) is 70.6 Å². The molecule has 1 aromatic heterocycles. The molecule has 0 bridgehead atoms. The smallest absolute Gasteiger partial charge is 0.335 e. The normalized spacial score (nSPS) is 32.2. The van der Waals surface area contributed by atoms with Crippen molar-refractivity contribution in [2.45, 2.75) is 61.4 Å². The van der Waals surface area contributed by atoms with E-state index in [9.17, 15) is 60.3 Å². The van der Waals surface area contributed by atoms with Crippen LogP contribution in [0.4, 0.5) is 0 Å². The standard InChI is InChI=1S/C27H26O17/c28-11-5-10(41-27-21(35)17(31)19(33)23(44-27)25(38)39)6-14-15(11)12(29)7-13(42-14)8-1-3-9(4-2-8)40-26-20(34)16(30)18(32)22(43-26)24(36)37/h1-7,16-23,26-28,30-35H,(H,36,37)(H,38,39). The molecule has 236 valence electrons. The molecule has 17 nitrogen and oxygen atoms in total. The van der Waals surface area contributed by atoms with Crippen LogP contribution in [0.1, 0.15) is 0 Å². The van der Waals surface area contributed by atoms with E-state index in [1.165, 1.54) is 24.3 Å². The van der Waals surface area contributed by atoms with E-state index in [2.05, 4.69) is 0 Å². The number of aliphatic hydroxyl groups is 6. The second-order valence-electron chi connectivity index (χ2n) is 10.0. The highest BCUT2D eigenvalue weighted by Gasteiger charge is 2.49. The van der Waals surface area contributed by atoms with Gasteiger partial charge < -0.3 is 69.3 Å². The van der Waals surface area contributed by atoms with E-state index in [0.29, 0.717) is 5.56 Å². The van der Waals surface area contributed by atoms with E-state index < -0.39 is 84.5 Å². The van der Waals surface area contributed by atoms with E-state index in [1.807, 2.05) is 0 Å². The minimum atomic E-state index is -1.95. The molecular weight excluding hydrogens is 596 g/mol. The summed E-state index contributed by atoms with van der Waals surface area (Å²) in [6, 6.07) is 8.72. The Morgan fingerprint density at radius 3 is 1.66 bits per heavy atom. The molecule has 0 radical (unpaired) electrons. The molecule has 2 saturated heterocycles. The molecular formula is C27H26O17. The lowest BCUT2D eigenvalue weighted by atomic mass is 9.99. The number of carbonyl (C=O) groups is 2. The van der Waals surface area contributed by atoms with Crippen molar-refractivity contribution >= 4 is 22.9 Å². The van der Waals surface area contributed by atoms with Crippen LogP contribution in [0.15, 0.2) is 51.7 Å². The fraction of sp³-hybridized carbons (Fsp3) is 0.370. The van der Waals surface area contributed by atoms with Crippen LogP contribution in [-0.4, -0.2) is 119 Å². The van der Waals surface area contributed by atoms with Crippen molar-refractivity contribution < 1.29 is 78.9 Å². The van der Waals surface area contributed by atoms with Gasteiger partial charge in [-0.3, -0.25) is 4.79 Å². The molecule has 2 fully saturated rings. The summed E-state index contributed by atoms with van der Waals surface area (Å²) < 4.78 is 26.8. The fourth-order valence-electron chi connectivity index (χ4n) is 4.72. The topological polar surface area (TPSA) is 283 Å². The zero-order chi connectivity index (χ0) is 32.0. The molecule has 2 aliphatic rings. The first kappa shape index (κ1) is 31.1. The summed E-state index contributed by atoms with van der Waals surface area (Å²) in [7, 11) is 0. The van der Waals surface area contributed by atoms with E-state index in [-0.39, 0.29) is 28.2 Å². The molecule has 0 saturated carbocycles. The zero-order valence-electron chi connectivity index (χ0n) is 22.1. The number of hydrogen-bond acceptors (Lipinski definition) is 15. The number of aromatic hydroxyl groups is 1. The van der Waals surface area contributed by atoms with Crippen molar-refractivity contribution in [3.05, 3.63) is 52.7 Å². The molecule has 0 amide bonds. The Bertz CT molecular complexity index is 1600. The van der Waals surface area contributed by atoms with Crippen LogP contribution in [0.3, 0.4) is 0 Å². The van der Waals surface area contributed by atoms with Crippen molar-refractivity contribution in [1.82, 2.24) is 0 Å². The average Bonchev–Trinajstić information content (AvgIpc) is 2.97.